The first-order chi connectivity index (χ1) is 9.00. The van der Waals surface area contributed by atoms with Crippen molar-refractivity contribution in [3.05, 3.63) is 52.2 Å². The molecule has 0 bridgehead atoms. The number of thiophene rings is 1. The largest absolute Gasteiger partial charge is 0.478 e. The summed E-state index contributed by atoms with van der Waals surface area (Å²) < 4.78 is 0. The van der Waals surface area contributed by atoms with E-state index < -0.39 is 5.97 Å². The van der Waals surface area contributed by atoms with Crippen LogP contribution in [0.1, 0.15) is 29.1 Å². The van der Waals surface area contributed by atoms with Gasteiger partial charge in [-0.1, -0.05) is 32.0 Å². The molecule has 19 heavy (non-hydrogen) atoms. The summed E-state index contributed by atoms with van der Waals surface area (Å²) in [5.74, 6) is -0.906. The van der Waals surface area contributed by atoms with Crippen molar-refractivity contribution in [1.29, 1.82) is 0 Å². The SMILES string of the molecule is CC(C)(CNc1ccccc1C(=O)O)c1cccs1. The van der Waals surface area contributed by atoms with E-state index in [4.69, 9.17) is 5.11 Å². The fraction of sp³-hybridized carbons (Fsp3) is 0.267. The van der Waals surface area contributed by atoms with Crippen molar-refractivity contribution in [2.24, 2.45) is 0 Å². The maximum atomic E-state index is 11.1. The maximum Gasteiger partial charge on any atom is 0.337 e. The van der Waals surface area contributed by atoms with E-state index in [-0.39, 0.29) is 5.41 Å². The molecule has 2 rings (SSSR count). The van der Waals surface area contributed by atoms with Gasteiger partial charge in [0, 0.05) is 22.5 Å². The first kappa shape index (κ1) is 13.6. The van der Waals surface area contributed by atoms with Gasteiger partial charge < -0.3 is 10.4 Å². The fourth-order valence-electron chi connectivity index (χ4n) is 1.89. The Bertz CT molecular complexity index is 561. The minimum Gasteiger partial charge on any atom is -0.478 e. The Labute approximate surface area is 116 Å². The summed E-state index contributed by atoms with van der Waals surface area (Å²) in [6, 6.07) is 11.1. The molecule has 1 heterocycles. The van der Waals surface area contributed by atoms with E-state index in [0.717, 1.165) is 0 Å². The number of aromatic carboxylic acids is 1. The number of carboxylic acids is 1. The minimum absolute atomic E-state index is 0.0280. The molecule has 1 aromatic carbocycles. The molecule has 0 unspecified atom stereocenters. The number of carboxylic acid groups (broad SMARTS) is 1. The molecule has 2 N–H and O–H groups in total. The molecule has 0 aliphatic carbocycles. The second-order valence-electron chi connectivity index (χ2n) is 5.07. The van der Waals surface area contributed by atoms with Crippen LogP contribution in [0.15, 0.2) is 41.8 Å². The van der Waals surface area contributed by atoms with Gasteiger partial charge in [-0.15, -0.1) is 11.3 Å². The van der Waals surface area contributed by atoms with Crippen molar-refractivity contribution in [2.45, 2.75) is 19.3 Å². The number of nitrogens with one attached hydrogen (secondary N) is 1. The van der Waals surface area contributed by atoms with Crippen LogP contribution in [0.3, 0.4) is 0 Å². The lowest BCUT2D eigenvalue weighted by Crippen LogP contribution is -2.27. The molecule has 0 saturated carbocycles. The van der Waals surface area contributed by atoms with Crippen molar-refractivity contribution in [3.63, 3.8) is 0 Å². The highest BCUT2D eigenvalue weighted by molar-refractivity contribution is 7.10. The maximum absolute atomic E-state index is 11.1. The van der Waals surface area contributed by atoms with Crippen LogP contribution in [0.5, 0.6) is 0 Å². The summed E-state index contributed by atoms with van der Waals surface area (Å²) in [4.78, 5) is 12.4. The molecule has 1 aromatic heterocycles. The summed E-state index contributed by atoms with van der Waals surface area (Å²) >= 11 is 1.72. The van der Waals surface area contributed by atoms with Gasteiger partial charge in [0.2, 0.25) is 0 Å². The molecular formula is C15H17NO2S. The average molecular weight is 275 g/mol. The number of carbonyl (C=O) groups is 1. The van der Waals surface area contributed by atoms with E-state index in [0.29, 0.717) is 17.8 Å². The predicted molar refractivity (Wildman–Crippen MR) is 79.2 cm³/mol. The molecule has 2 aromatic rings. The van der Waals surface area contributed by atoms with E-state index in [1.807, 2.05) is 12.1 Å². The van der Waals surface area contributed by atoms with Crippen LogP contribution in [-0.2, 0) is 5.41 Å². The summed E-state index contributed by atoms with van der Waals surface area (Å²) in [5.41, 5.74) is 0.948. The molecule has 100 valence electrons. The lowest BCUT2D eigenvalue weighted by Gasteiger charge is -2.24. The van der Waals surface area contributed by atoms with E-state index in [1.54, 1.807) is 29.5 Å². The van der Waals surface area contributed by atoms with Crippen molar-refractivity contribution >= 4 is 23.0 Å². The smallest absolute Gasteiger partial charge is 0.337 e. The number of rotatable bonds is 5. The molecule has 3 nitrogen and oxygen atoms in total. The molecular weight excluding hydrogens is 258 g/mol. The topological polar surface area (TPSA) is 49.3 Å². The molecule has 0 saturated heterocycles. The van der Waals surface area contributed by atoms with Crippen LogP contribution in [0, 0.1) is 0 Å². The predicted octanol–water partition coefficient (Wildman–Crippen LogP) is 3.84. The molecule has 0 spiro atoms. The van der Waals surface area contributed by atoms with Gasteiger partial charge in [-0.05, 0) is 23.6 Å². The molecule has 0 radical (unpaired) electrons. The van der Waals surface area contributed by atoms with Gasteiger partial charge >= 0.3 is 5.97 Å². The Morgan fingerprint density at radius 3 is 2.63 bits per heavy atom. The number of benzene rings is 1. The van der Waals surface area contributed by atoms with Gasteiger partial charge in [0.05, 0.1) is 5.56 Å². The zero-order valence-corrected chi connectivity index (χ0v) is 11.8. The molecule has 0 amide bonds. The average Bonchev–Trinajstić information content (AvgIpc) is 2.91. The summed E-state index contributed by atoms with van der Waals surface area (Å²) in [6.45, 7) is 4.99. The highest BCUT2D eigenvalue weighted by Crippen LogP contribution is 2.28. The second kappa shape index (κ2) is 5.45. The molecule has 0 aliphatic heterocycles. The van der Waals surface area contributed by atoms with Gasteiger partial charge in [0.1, 0.15) is 0 Å². The Kier molecular flexibility index (Phi) is 3.90. The number of para-hydroxylation sites is 1. The number of anilines is 1. The van der Waals surface area contributed by atoms with Crippen LogP contribution in [0.25, 0.3) is 0 Å². The Morgan fingerprint density at radius 1 is 1.26 bits per heavy atom. The zero-order valence-electron chi connectivity index (χ0n) is 11.0. The third-order valence-electron chi connectivity index (χ3n) is 3.07. The summed E-state index contributed by atoms with van der Waals surface area (Å²) in [6.07, 6.45) is 0. The van der Waals surface area contributed by atoms with Crippen LogP contribution in [0.4, 0.5) is 5.69 Å². The van der Waals surface area contributed by atoms with E-state index >= 15 is 0 Å². The van der Waals surface area contributed by atoms with E-state index in [1.165, 1.54) is 4.88 Å². The quantitative estimate of drug-likeness (QED) is 0.871. The highest BCUT2D eigenvalue weighted by Gasteiger charge is 2.22. The minimum atomic E-state index is -0.906. The number of hydrogen-bond acceptors (Lipinski definition) is 3. The third kappa shape index (κ3) is 3.15. The van der Waals surface area contributed by atoms with Gasteiger partial charge in [0.25, 0.3) is 0 Å². The number of hydrogen-bond donors (Lipinski definition) is 2. The van der Waals surface area contributed by atoms with Crippen LogP contribution in [0.2, 0.25) is 0 Å². The van der Waals surface area contributed by atoms with E-state index in [2.05, 4.69) is 30.6 Å². The van der Waals surface area contributed by atoms with Crippen LogP contribution in [-0.4, -0.2) is 17.6 Å². The Morgan fingerprint density at radius 2 is 2.00 bits per heavy atom. The van der Waals surface area contributed by atoms with Crippen LogP contribution >= 0.6 is 11.3 Å². The summed E-state index contributed by atoms with van der Waals surface area (Å²) in [7, 11) is 0. The standard InChI is InChI=1S/C15H17NO2S/c1-15(2,13-8-5-9-19-13)10-16-12-7-4-3-6-11(12)14(17)18/h3-9,16H,10H2,1-2H3,(H,17,18). The first-order valence-corrected chi connectivity index (χ1v) is 6.99. The normalized spacial score (nSPS) is 11.3. The summed E-state index contributed by atoms with van der Waals surface area (Å²) in [5, 5.41) is 14.4. The zero-order chi connectivity index (χ0) is 13.9. The molecule has 0 aliphatic rings. The third-order valence-corrected chi connectivity index (χ3v) is 4.30. The Hall–Kier alpha value is -1.81. The second-order valence-corrected chi connectivity index (χ2v) is 6.01. The molecule has 0 atom stereocenters. The monoisotopic (exact) mass is 275 g/mol. The van der Waals surface area contributed by atoms with Crippen molar-refractivity contribution in [2.75, 3.05) is 11.9 Å². The van der Waals surface area contributed by atoms with Crippen molar-refractivity contribution in [1.82, 2.24) is 0 Å². The van der Waals surface area contributed by atoms with Gasteiger partial charge in [-0.2, -0.15) is 0 Å². The van der Waals surface area contributed by atoms with Gasteiger partial charge in [0.15, 0.2) is 0 Å². The van der Waals surface area contributed by atoms with E-state index in [9.17, 15) is 4.79 Å². The molecule has 0 fully saturated rings. The van der Waals surface area contributed by atoms with Gasteiger partial charge in [-0.3, -0.25) is 0 Å². The highest BCUT2D eigenvalue weighted by atomic mass is 32.1. The molecule has 4 heteroatoms. The van der Waals surface area contributed by atoms with Crippen molar-refractivity contribution in [3.8, 4) is 0 Å². The lowest BCUT2D eigenvalue weighted by molar-refractivity contribution is 0.0698. The van der Waals surface area contributed by atoms with Crippen molar-refractivity contribution < 1.29 is 9.90 Å². The van der Waals surface area contributed by atoms with Gasteiger partial charge in [-0.25, -0.2) is 4.79 Å². The first-order valence-electron chi connectivity index (χ1n) is 6.11. The Balaban J connectivity index is 2.13. The lowest BCUT2D eigenvalue weighted by atomic mass is 9.91. The fourth-order valence-corrected chi connectivity index (χ4v) is 2.74. The van der Waals surface area contributed by atoms with Crippen LogP contribution < -0.4 is 5.32 Å².